The van der Waals surface area contributed by atoms with E-state index in [2.05, 4.69) is 31.4 Å². The van der Waals surface area contributed by atoms with Crippen molar-refractivity contribution in [1.29, 1.82) is 0 Å². The van der Waals surface area contributed by atoms with Gasteiger partial charge in [0.1, 0.15) is 0 Å². The van der Waals surface area contributed by atoms with E-state index in [0.717, 1.165) is 38.9 Å². The van der Waals surface area contributed by atoms with Gasteiger partial charge in [-0.3, -0.25) is 4.79 Å². The molecule has 2 N–H and O–H groups in total. The molecule has 20 heavy (non-hydrogen) atoms. The van der Waals surface area contributed by atoms with E-state index in [-0.39, 0.29) is 23.4 Å². The van der Waals surface area contributed by atoms with Crippen LogP contribution in [0.5, 0.6) is 0 Å². The molecular weight excluding hydrogens is 254 g/mol. The SMILES string of the molecule is CCCNC(=O)N1CCC(NC(=O)CC(C)(C)C)CC1. The van der Waals surface area contributed by atoms with Crippen molar-refractivity contribution in [2.75, 3.05) is 19.6 Å². The van der Waals surface area contributed by atoms with Gasteiger partial charge in [-0.2, -0.15) is 0 Å². The van der Waals surface area contributed by atoms with Crippen LogP contribution in [0, 0.1) is 5.41 Å². The lowest BCUT2D eigenvalue weighted by Crippen LogP contribution is -2.49. The molecule has 3 amide bonds. The lowest BCUT2D eigenvalue weighted by Gasteiger charge is -2.33. The molecule has 1 heterocycles. The van der Waals surface area contributed by atoms with Crippen LogP contribution in [-0.2, 0) is 4.79 Å². The molecule has 1 aliphatic heterocycles. The van der Waals surface area contributed by atoms with Gasteiger partial charge in [-0.05, 0) is 24.7 Å². The summed E-state index contributed by atoms with van der Waals surface area (Å²) in [6.07, 6.45) is 3.18. The second-order valence-corrected chi connectivity index (χ2v) is 6.80. The third-order valence-corrected chi connectivity index (χ3v) is 3.36. The summed E-state index contributed by atoms with van der Waals surface area (Å²) in [7, 11) is 0. The van der Waals surface area contributed by atoms with Gasteiger partial charge in [-0.15, -0.1) is 0 Å². The van der Waals surface area contributed by atoms with Gasteiger partial charge in [0.05, 0.1) is 0 Å². The van der Waals surface area contributed by atoms with Crippen molar-refractivity contribution in [3.8, 4) is 0 Å². The molecule has 1 fully saturated rings. The smallest absolute Gasteiger partial charge is 0.317 e. The molecule has 5 nitrogen and oxygen atoms in total. The van der Waals surface area contributed by atoms with E-state index in [4.69, 9.17) is 0 Å². The van der Waals surface area contributed by atoms with Crippen LogP contribution in [0.1, 0.15) is 53.4 Å². The molecule has 0 saturated carbocycles. The molecule has 0 unspecified atom stereocenters. The van der Waals surface area contributed by atoms with Gasteiger partial charge >= 0.3 is 6.03 Å². The Labute approximate surface area is 122 Å². The summed E-state index contributed by atoms with van der Waals surface area (Å²) in [5, 5.41) is 5.97. The molecule has 0 aromatic heterocycles. The maximum absolute atomic E-state index is 11.9. The highest BCUT2D eigenvalue weighted by Crippen LogP contribution is 2.19. The van der Waals surface area contributed by atoms with Gasteiger partial charge in [0.15, 0.2) is 0 Å². The van der Waals surface area contributed by atoms with Gasteiger partial charge in [0.2, 0.25) is 5.91 Å². The number of nitrogens with zero attached hydrogens (tertiary/aromatic N) is 1. The van der Waals surface area contributed by atoms with Crippen molar-refractivity contribution in [1.82, 2.24) is 15.5 Å². The number of hydrogen-bond donors (Lipinski definition) is 2. The van der Waals surface area contributed by atoms with Gasteiger partial charge in [0.25, 0.3) is 0 Å². The maximum Gasteiger partial charge on any atom is 0.317 e. The van der Waals surface area contributed by atoms with Crippen molar-refractivity contribution in [2.45, 2.75) is 59.4 Å². The fourth-order valence-electron chi connectivity index (χ4n) is 2.33. The third-order valence-electron chi connectivity index (χ3n) is 3.36. The fourth-order valence-corrected chi connectivity index (χ4v) is 2.33. The molecule has 0 aromatic rings. The standard InChI is InChI=1S/C15H29N3O2/c1-5-8-16-14(20)18-9-6-12(7-10-18)17-13(19)11-15(2,3)4/h12H,5-11H2,1-4H3,(H,16,20)(H,17,19). The third kappa shape index (κ3) is 6.26. The van der Waals surface area contributed by atoms with Crippen LogP contribution in [0.15, 0.2) is 0 Å². The number of likely N-dealkylation sites (tertiary alicyclic amines) is 1. The fraction of sp³-hybridized carbons (Fsp3) is 0.867. The van der Waals surface area contributed by atoms with Gasteiger partial charge in [-0.25, -0.2) is 4.79 Å². The molecule has 5 heteroatoms. The zero-order valence-corrected chi connectivity index (χ0v) is 13.3. The van der Waals surface area contributed by atoms with E-state index < -0.39 is 0 Å². The highest BCUT2D eigenvalue weighted by Gasteiger charge is 2.24. The topological polar surface area (TPSA) is 61.4 Å². The first-order chi connectivity index (χ1) is 9.31. The summed E-state index contributed by atoms with van der Waals surface area (Å²) in [5.41, 5.74) is 0.0187. The first-order valence-corrected chi connectivity index (χ1v) is 7.64. The lowest BCUT2D eigenvalue weighted by atomic mass is 9.91. The number of nitrogens with one attached hydrogen (secondary N) is 2. The highest BCUT2D eigenvalue weighted by molar-refractivity contribution is 5.77. The van der Waals surface area contributed by atoms with Crippen LogP contribution >= 0.6 is 0 Å². The van der Waals surface area contributed by atoms with Gasteiger partial charge in [-0.1, -0.05) is 27.7 Å². The summed E-state index contributed by atoms with van der Waals surface area (Å²) in [4.78, 5) is 25.5. The second-order valence-electron chi connectivity index (χ2n) is 6.80. The average molecular weight is 283 g/mol. The van der Waals surface area contributed by atoms with Crippen molar-refractivity contribution in [3.63, 3.8) is 0 Å². The Balaban J connectivity index is 2.28. The van der Waals surface area contributed by atoms with Crippen molar-refractivity contribution >= 4 is 11.9 Å². The Bertz CT molecular complexity index is 329. The summed E-state index contributed by atoms with van der Waals surface area (Å²) in [5.74, 6) is 0.117. The summed E-state index contributed by atoms with van der Waals surface area (Å²) in [6.45, 7) is 10.4. The molecule has 0 aromatic carbocycles. The normalized spacial score (nSPS) is 16.9. The van der Waals surface area contributed by atoms with E-state index in [1.807, 2.05) is 11.8 Å². The molecule has 0 aliphatic carbocycles. The minimum Gasteiger partial charge on any atom is -0.353 e. The molecule has 0 spiro atoms. The Morgan fingerprint density at radius 2 is 1.80 bits per heavy atom. The predicted octanol–water partition coefficient (Wildman–Crippen LogP) is 2.12. The lowest BCUT2D eigenvalue weighted by molar-refractivity contribution is -0.123. The number of urea groups is 1. The maximum atomic E-state index is 11.9. The van der Waals surface area contributed by atoms with E-state index in [1.165, 1.54) is 0 Å². The van der Waals surface area contributed by atoms with E-state index >= 15 is 0 Å². The number of rotatable bonds is 4. The molecule has 1 aliphatic rings. The van der Waals surface area contributed by atoms with Crippen molar-refractivity contribution in [2.24, 2.45) is 5.41 Å². The molecule has 1 saturated heterocycles. The second kappa shape index (κ2) is 7.50. The quantitative estimate of drug-likeness (QED) is 0.830. The summed E-state index contributed by atoms with van der Waals surface area (Å²) < 4.78 is 0. The summed E-state index contributed by atoms with van der Waals surface area (Å²) in [6, 6.07) is 0.228. The predicted molar refractivity (Wildman–Crippen MR) is 80.5 cm³/mol. The van der Waals surface area contributed by atoms with E-state index in [0.29, 0.717) is 6.42 Å². The number of piperidine rings is 1. The Kier molecular flexibility index (Phi) is 6.30. The number of amides is 3. The van der Waals surface area contributed by atoms with Gasteiger partial charge in [0, 0.05) is 32.1 Å². The van der Waals surface area contributed by atoms with Gasteiger partial charge < -0.3 is 15.5 Å². The zero-order chi connectivity index (χ0) is 15.2. The van der Waals surface area contributed by atoms with Crippen molar-refractivity contribution in [3.05, 3.63) is 0 Å². The number of carbonyl (C=O) groups excluding carboxylic acids is 2. The first-order valence-electron chi connectivity index (χ1n) is 7.64. The number of carbonyl (C=O) groups is 2. The molecule has 0 atom stereocenters. The summed E-state index contributed by atoms with van der Waals surface area (Å²) >= 11 is 0. The average Bonchev–Trinajstić information content (AvgIpc) is 2.34. The first kappa shape index (κ1) is 16.8. The van der Waals surface area contributed by atoms with Crippen LogP contribution in [0.25, 0.3) is 0 Å². The monoisotopic (exact) mass is 283 g/mol. The Morgan fingerprint density at radius 3 is 2.30 bits per heavy atom. The van der Waals surface area contributed by atoms with E-state index in [1.54, 1.807) is 0 Å². The van der Waals surface area contributed by atoms with E-state index in [9.17, 15) is 9.59 Å². The van der Waals surface area contributed by atoms with Crippen LogP contribution in [-0.4, -0.2) is 42.5 Å². The molecule has 116 valence electrons. The molecule has 0 bridgehead atoms. The Morgan fingerprint density at radius 1 is 1.20 bits per heavy atom. The van der Waals surface area contributed by atoms with Crippen LogP contribution in [0.4, 0.5) is 4.79 Å². The van der Waals surface area contributed by atoms with Crippen LogP contribution in [0.2, 0.25) is 0 Å². The van der Waals surface area contributed by atoms with Crippen molar-refractivity contribution < 1.29 is 9.59 Å². The van der Waals surface area contributed by atoms with Crippen LogP contribution in [0.3, 0.4) is 0 Å². The molecular formula is C15H29N3O2. The Hall–Kier alpha value is -1.26. The minimum absolute atomic E-state index is 0.0187. The molecule has 0 radical (unpaired) electrons. The number of hydrogen-bond acceptors (Lipinski definition) is 2. The largest absolute Gasteiger partial charge is 0.353 e. The molecule has 1 rings (SSSR count). The minimum atomic E-state index is 0.0187. The highest BCUT2D eigenvalue weighted by atomic mass is 16.2. The zero-order valence-electron chi connectivity index (χ0n) is 13.3. The van der Waals surface area contributed by atoms with Crippen LogP contribution < -0.4 is 10.6 Å².